The first-order chi connectivity index (χ1) is 12.7. The number of benzene rings is 3. The van der Waals surface area contributed by atoms with Gasteiger partial charge in [-0.2, -0.15) is 5.10 Å². The van der Waals surface area contributed by atoms with Crippen LogP contribution in [0.4, 0.5) is 0 Å². The van der Waals surface area contributed by atoms with Crippen LogP contribution >= 0.6 is 0 Å². The van der Waals surface area contributed by atoms with E-state index in [1.54, 1.807) is 18.2 Å². The Hall–Kier alpha value is -3.54. The fourth-order valence-corrected chi connectivity index (χ4v) is 2.48. The van der Waals surface area contributed by atoms with Crippen molar-refractivity contribution in [2.75, 3.05) is 13.7 Å². The van der Waals surface area contributed by atoms with Crippen molar-refractivity contribution in [2.24, 2.45) is 5.10 Å². The Labute approximate surface area is 150 Å². The number of hydrazone groups is 1. The van der Waals surface area contributed by atoms with Gasteiger partial charge in [-0.3, -0.25) is 4.79 Å². The normalized spacial score (nSPS) is 10.8. The van der Waals surface area contributed by atoms with Crippen molar-refractivity contribution in [1.82, 2.24) is 5.43 Å². The highest BCUT2D eigenvalue weighted by Gasteiger charge is 2.06. The largest absolute Gasteiger partial charge is 0.504 e. The van der Waals surface area contributed by atoms with Crippen LogP contribution in [-0.4, -0.2) is 30.9 Å². The molecule has 0 saturated carbocycles. The fraction of sp³-hybridized carbons (Fsp3) is 0.100. The van der Waals surface area contributed by atoms with Crippen LogP contribution in [0.15, 0.2) is 65.8 Å². The summed E-state index contributed by atoms with van der Waals surface area (Å²) >= 11 is 0. The van der Waals surface area contributed by atoms with Gasteiger partial charge in [0.1, 0.15) is 5.75 Å². The first-order valence-corrected chi connectivity index (χ1v) is 7.97. The molecule has 0 radical (unpaired) electrons. The smallest absolute Gasteiger partial charge is 0.277 e. The number of hydrogen-bond acceptors (Lipinski definition) is 5. The third kappa shape index (κ3) is 3.92. The quantitative estimate of drug-likeness (QED) is 0.529. The number of fused-ring (bicyclic) bond motifs is 1. The standard InChI is InChI=1S/C20H18N2O4/c1-25-18-11-5-8-15(20(18)24)12-21-22-19(23)13-26-17-10-4-7-14-6-2-3-9-16(14)17/h2-12,24H,13H2,1H3,(H,22,23)/b21-12+. The molecule has 26 heavy (non-hydrogen) atoms. The van der Waals surface area contributed by atoms with Crippen molar-refractivity contribution < 1.29 is 19.4 Å². The van der Waals surface area contributed by atoms with E-state index in [4.69, 9.17) is 9.47 Å². The highest BCUT2D eigenvalue weighted by atomic mass is 16.5. The number of aromatic hydroxyl groups is 1. The topological polar surface area (TPSA) is 80.2 Å². The number of rotatable bonds is 6. The molecule has 0 spiro atoms. The van der Waals surface area contributed by atoms with E-state index in [2.05, 4.69) is 10.5 Å². The Kier molecular flexibility index (Phi) is 5.34. The lowest BCUT2D eigenvalue weighted by molar-refractivity contribution is -0.123. The maximum Gasteiger partial charge on any atom is 0.277 e. The van der Waals surface area contributed by atoms with Crippen LogP contribution in [0, 0.1) is 0 Å². The van der Waals surface area contributed by atoms with Crippen LogP contribution < -0.4 is 14.9 Å². The first kappa shape index (κ1) is 17.3. The van der Waals surface area contributed by atoms with Gasteiger partial charge in [0.25, 0.3) is 5.91 Å². The minimum absolute atomic E-state index is 0.0417. The zero-order valence-corrected chi connectivity index (χ0v) is 14.2. The molecule has 6 heteroatoms. The Morgan fingerprint density at radius 1 is 1.08 bits per heavy atom. The minimum atomic E-state index is -0.406. The van der Waals surface area contributed by atoms with E-state index in [0.717, 1.165) is 10.8 Å². The Morgan fingerprint density at radius 2 is 1.81 bits per heavy atom. The van der Waals surface area contributed by atoms with Gasteiger partial charge in [-0.05, 0) is 23.6 Å². The van der Waals surface area contributed by atoms with Gasteiger partial charge in [0.2, 0.25) is 0 Å². The van der Waals surface area contributed by atoms with E-state index in [9.17, 15) is 9.90 Å². The minimum Gasteiger partial charge on any atom is -0.504 e. The van der Waals surface area contributed by atoms with Crippen molar-refractivity contribution in [3.8, 4) is 17.2 Å². The van der Waals surface area contributed by atoms with E-state index in [1.807, 2.05) is 42.5 Å². The number of carbonyl (C=O) groups excluding carboxylic acids is 1. The molecule has 3 aromatic carbocycles. The zero-order valence-electron chi connectivity index (χ0n) is 14.2. The van der Waals surface area contributed by atoms with Crippen molar-refractivity contribution in [1.29, 1.82) is 0 Å². The van der Waals surface area contributed by atoms with Gasteiger partial charge < -0.3 is 14.6 Å². The van der Waals surface area contributed by atoms with Gasteiger partial charge in [-0.25, -0.2) is 5.43 Å². The van der Waals surface area contributed by atoms with E-state index >= 15 is 0 Å². The predicted octanol–water partition coefficient (Wildman–Crippen LogP) is 3.08. The lowest BCUT2D eigenvalue weighted by Crippen LogP contribution is -2.24. The zero-order chi connectivity index (χ0) is 18.4. The van der Waals surface area contributed by atoms with Crippen molar-refractivity contribution in [3.63, 3.8) is 0 Å². The number of amides is 1. The summed E-state index contributed by atoms with van der Waals surface area (Å²) in [6.07, 6.45) is 1.34. The molecule has 0 unspecified atom stereocenters. The molecule has 3 rings (SSSR count). The number of phenols is 1. The van der Waals surface area contributed by atoms with Crippen molar-refractivity contribution >= 4 is 22.9 Å². The maximum atomic E-state index is 11.9. The lowest BCUT2D eigenvalue weighted by Gasteiger charge is -2.08. The molecule has 0 aliphatic rings. The summed E-state index contributed by atoms with van der Waals surface area (Å²) < 4.78 is 10.6. The van der Waals surface area contributed by atoms with Crippen LogP contribution in [0.25, 0.3) is 10.8 Å². The van der Waals surface area contributed by atoms with Gasteiger partial charge in [0.15, 0.2) is 18.1 Å². The number of hydrogen-bond donors (Lipinski definition) is 2. The molecule has 0 bridgehead atoms. The number of phenolic OH excluding ortho intramolecular Hbond substituents is 1. The second kappa shape index (κ2) is 8.02. The van der Waals surface area contributed by atoms with Crippen molar-refractivity contribution in [2.45, 2.75) is 0 Å². The van der Waals surface area contributed by atoms with Crippen molar-refractivity contribution in [3.05, 3.63) is 66.2 Å². The van der Waals surface area contributed by atoms with Crippen LogP contribution in [0.1, 0.15) is 5.56 Å². The van der Waals surface area contributed by atoms with Gasteiger partial charge in [-0.1, -0.05) is 42.5 Å². The lowest BCUT2D eigenvalue weighted by atomic mass is 10.1. The number of nitrogens with one attached hydrogen (secondary N) is 1. The van der Waals surface area contributed by atoms with E-state index in [1.165, 1.54) is 13.3 Å². The molecule has 0 heterocycles. The fourth-order valence-electron chi connectivity index (χ4n) is 2.48. The molecule has 2 N–H and O–H groups in total. The summed E-state index contributed by atoms with van der Waals surface area (Å²) in [5.41, 5.74) is 2.80. The molecular weight excluding hydrogens is 332 g/mol. The van der Waals surface area contributed by atoms with E-state index in [-0.39, 0.29) is 12.4 Å². The third-order valence-electron chi connectivity index (χ3n) is 3.75. The second-order valence-corrected chi connectivity index (χ2v) is 5.46. The van der Waals surface area contributed by atoms with Gasteiger partial charge in [0, 0.05) is 10.9 Å². The summed E-state index contributed by atoms with van der Waals surface area (Å²) in [7, 11) is 1.46. The van der Waals surface area contributed by atoms with Crippen LogP contribution in [0.2, 0.25) is 0 Å². The summed E-state index contributed by atoms with van der Waals surface area (Å²) in [5.74, 6) is 0.517. The molecule has 6 nitrogen and oxygen atoms in total. The molecule has 0 aliphatic carbocycles. The molecule has 3 aromatic rings. The maximum absolute atomic E-state index is 11.9. The first-order valence-electron chi connectivity index (χ1n) is 7.97. The number of methoxy groups -OCH3 is 1. The second-order valence-electron chi connectivity index (χ2n) is 5.46. The molecule has 0 saturated heterocycles. The highest BCUT2D eigenvalue weighted by Crippen LogP contribution is 2.28. The number of nitrogens with zero attached hydrogens (tertiary/aromatic N) is 1. The summed E-state index contributed by atoms with van der Waals surface area (Å²) in [5, 5.41) is 15.8. The SMILES string of the molecule is COc1cccc(/C=N/NC(=O)COc2cccc3ccccc23)c1O. The average Bonchev–Trinajstić information content (AvgIpc) is 2.67. The Bertz CT molecular complexity index is 948. The predicted molar refractivity (Wildman–Crippen MR) is 99.8 cm³/mol. The molecular formula is C20H18N2O4. The monoisotopic (exact) mass is 350 g/mol. The molecule has 132 valence electrons. The van der Waals surface area contributed by atoms with Crippen LogP contribution in [-0.2, 0) is 4.79 Å². The summed E-state index contributed by atoms with van der Waals surface area (Å²) in [4.78, 5) is 11.9. The van der Waals surface area contributed by atoms with Gasteiger partial charge in [0.05, 0.1) is 13.3 Å². The van der Waals surface area contributed by atoms with Gasteiger partial charge in [-0.15, -0.1) is 0 Å². The molecule has 0 aliphatic heterocycles. The number of para-hydroxylation sites is 1. The van der Waals surface area contributed by atoms with E-state index in [0.29, 0.717) is 17.1 Å². The molecule has 0 atom stereocenters. The summed E-state index contributed by atoms with van der Waals surface area (Å²) in [6, 6.07) is 18.4. The third-order valence-corrected chi connectivity index (χ3v) is 3.75. The summed E-state index contributed by atoms with van der Waals surface area (Å²) in [6.45, 7) is -0.171. The molecule has 1 amide bonds. The Morgan fingerprint density at radius 3 is 2.65 bits per heavy atom. The average molecular weight is 350 g/mol. The number of carbonyl (C=O) groups is 1. The van der Waals surface area contributed by atoms with Gasteiger partial charge >= 0.3 is 0 Å². The number of ether oxygens (including phenoxy) is 2. The highest BCUT2D eigenvalue weighted by molar-refractivity contribution is 5.89. The molecule has 0 aromatic heterocycles. The molecule has 0 fully saturated rings. The van der Waals surface area contributed by atoms with E-state index < -0.39 is 5.91 Å². The van der Waals surface area contributed by atoms with Crippen LogP contribution in [0.5, 0.6) is 17.2 Å². The Balaban J connectivity index is 1.59. The van der Waals surface area contributed by atoms with Crippen LogP contribution in [0.3, 0.4) is 0 Å².